The van der Waals surface area contributed by atoms with Crippen LogP contribution in [0.4, 0.5) is 5.13 Å². The summed E-state index contributed by atoms with van der Waals surface area (Å²) in [5, 5.41) is 12.5. The number of aromatic nitrogens is 2. The van der Waals surface area contributed by atoms with Gasteiger partial charge in [0.15, 0.2) is 15.8 Å². The quantitative estimate of drug-likeness (QED) is 0.869. The lowest BCUT2D eigenvalue weighted by Crippen LogP contribution is -2.15. The molecule has 5 nitrogen and oxygen atoms in total. The highest BCUT2D eigenvalue weighted by Crippen LogP contribution is 2.39. The predicted octanol–water partition coefficient (Wildman–Crippen LogP) is 3.30. The lowest BCUT2D eigenvalue weighted by Gasteiger charge is -2.20. The van der Waals surface area contributed by atoms with Gasteiger partial charge in [0.2, 0.25) is 5.13 Å². The van der Waals surface area contributed by atoms with E-state index in [4.69, 9.17) is 21.1 Å². The maximum atomic E-state index is 6.21. The van der Waals surface area contributed by atoms with E-state index in [-0.39, 0.29) is 0 Å². The van der Waals surface area contributed by atoms with E-state index in [9.17, 15) is 0 Å². The van der Waals surface area contributed by atoms with Gasteiger partial charge in [0, 0.05) is 12.8 Å². The lowest BCUT2D eigenvalue weighted by atomic mass is 10.2. The first kappa shape index (κ1) is 13.8. The molecule has 0 atom stereocenters. The first-order valence-corrected chi connectivity index (χ1v) is 8.16. The van der Waals surface area contributed by atoms with E-state index >= 15 is 0 Å². The average molecular weight is 330 g/mol. The van der Waals surface area contributed by atoms with Crippen LogP contribution < -0.4 is 14.8 Å². The molecule has 8 heteroatoms. The van der Waals surface area contributed by atoms with Crippen molar-refractivity contribution in [3.05, 3.63) is 22.7 Å². The summed E-state index contributed by atoms with van der Waals surface area (Å²) in [6.07, 6.45) is 0. The Kier molecular flexibility index (Phi) is 4.18. The minimum atomic E-state index is 0.540. The molecule has 3 rings (SSSR count). The zero-order chi connectivity index (χ0) is 13.9. The summed E-state index contributed by atoms with van der Waals surface area (Å²) in [4.78, 5) is 0. The van der Waals surface area contributed by atoms with Gasteiger partial charge in [-0.15, -0.1) is 10.2 Å². The molecule has 0 unspecified atom stereocenters. The number of anilines is 1. The van der Waals surface area contributed by atoms with E-state index in [2.05, 4.69) is 15.5 Å². The molecule has 0 aliphatic carbocycles. The van der Waals surface area contributed by atoms with Crippen LogP contribution in [0.3, 0.4) is 0 Å². The van der Waals surface area contributed by atoms with E-state index in [1.807, 2.05) is 19.2 Å². The van der Waals surface area contributed by atoms with Crippen LogP contribution in [0.1, 0.15) is 5.56 Å². The normalized spacial score (nSPS) is 13.3. The summed E-state index contributed by atoms with van der Waals surface area (Å²) in [5.74, 6) is 2.11. The minimum Gasteiger partial charge on any atom is -0.486 e. The molecule has 106 valence electrons. The number of nitrogens with one attached hydrogen (secondary N) is 1. The molecular weight excluding hydrogens is 318 g/mol. The fourth-order valence-electron chi connectivity index (χ4n) is 1.76. The predicted molar refractivity (Wildman–Crippen MR) is 81.5 cm³/mol. The third-order valence-electron chi connectivity index (χ3n) is 2.64. The van der Waals surface area contributed by atoms with Crippen molar-refractivity contribution < 1.29 is 9.47 Å². The third-order valence-corrected chi connectivity index (χ3v) is 5.07. The van der Waals surface area contributed by atoms with Gasteiger partial charge in [-0.25, -0.2) is 0 Å². The van der Waals surface area contributed by atoms with Crippen molar-refractivity contribution in [2.24, 2.45) is 0 Å². The van der Waals surface area contributed by atoms with Crippen molar-refractivity contribution in [3.63, 3.8) is 0 Å². The SMILES string of the molecule is CNc1nnc(SCc2cc(Cl)c3c(c2)OCCO3)s1. The summed E-state index contributed by atoms with van der Waals surface area (Å²) in [5.41, 5.74) is 1.07. The highest BCUT2D eigenvalue weighted by atomic mass is 35.5. The van der Waals surface area contributed by atoms with Crippen molar-refractivity contribution in [2.75, 3.05) is 25.6 Å². The summed E-state index contributed by atoms with van der Waals surface area (Å²) < 4.78 is 12.0. The molecule has 1 aliphatic heterocycles. The van der Waals surface area contributed by atoms with Crippen LogP contribution in [0.5, 0.6) is 11.5 Å². The molecule has 0 amide bonds. The topological polar surface area (TPSA) is 56.3 Å². The van der Waals surface area contributed by atoms with Crippen LogP contribution in [0.2, 0.25) is 5.02 Å². The summed E-state index contributed by atoms with van der Waals surface area (Å²) in [6, 6.07) is 3.87. The van der Waals surface area contributed by atoms with Crippen molar-refractivity contribution in [1.82, 2.24) is 10.2 Å². The van der Waals surface area contributed by atoms with Gasteiger partial charge in [-0.2, -0.15) is 0 Å². The Balaban J connectivity index is 1.72. The summed E-state index contributed by atoms with van der Waals surface area (Å²) in [6.45, 7) is 1.10. The van der Waals surface area contributed by atoms with Crippen LogP contribution >= 0.6 is 34.7 Å². The standard InChI is InChI=1S/C12H12ClN3O2S2/c1-14-11-15-16-12(20-11)19-6-7-4-8(13)10-9(5-7)17-2-3-18-10/h4-5H,2-3,6H2,1H3,(H,14,15). The van der Waals surface area contributed by atoms with Gasteiger partial charge < -0.3 is 14.8 Å². The molecule has 0 bridgehead atoms. The first-order valence-electron chi connectivity index (χ1n) is 5.98. The number of benzene rings is 1. The van der Waals surface area contributed by atoms with Gasteiger partial charge >= 0.3 is 0 Å². The minimum absolute atomic E-state index is 0.540. The molecule has 0 radical (unpaired) electrons. The molecule has 1 N–H and O–H groups in total. The van der Waals surface area contributed by atoms with Crippen molar-refractivity contribution in [3.8, 4) is 11.5 Å². The molecule has 1 aliphatic rings. The van der Waals surface area contributed by atoms with Crippen molar-refractivity contribution in [2.45, 2.75) is 10.1 Å². The molecule has 1 aromatic carbocycles. The van der Waals surface area contributed by atoms with Gasteiger partial charge in [0.25, 0.3) is 0 Å². The second kappa shape index (κ2) is 6.07. The van der Waals surface area contributed by atoms with E-state index in [1.54, 1.807) is 11.8 Å². The molecule has 0 saturated heterocycles. The molecule has 0 fully saturated rings. The number of hydrogen-bond acceptors (Lipinski definition) is 7. The molecule has 1 aromatic heterocycles. The number of hydrogen-bond donors (Lipinski definition) is 1. The molecule has 2 heterocycles. The Bertz CT molecular complexity index is 621. The van der Waals surface area contributed by atoms with Gasteiger partial charge in [-0.1, -0.05) is 34.7 Å². The molecule has 20 heavy (non-hydrogen) atoms. The molecule has 0 saturated carbocycles. The van der Waals surface area contributed by atoms with Gasteiger partial charge in [0.05, 0.1) is 5.02 Å². The monoisotopic (exact) mass is 329 g/mol. The van der Waals surface area contributed by atoms with Crippen LogP contribution in [0.15, 0.2) is 16.5 Å². The largest absolute Gasteiger partial charge is 0.486 e. The van der Waals surface area contributed by atoms with Crippen LogP contribution in [0, 0.1) is 0 Å². The number of ether oxygens (including phenoxy) is 2. The van der Waals surface area contributed by atoms with Gasteiger partial charge in [0.1, 0.15) is 13.2 Å². The Hall–Kier alpha value is -1.18. The average Bonchev–Trinajstić information content (AvgIpc) is 2.93. The van der Waals surface area contributed by atoms with Gasteiger partial charge in [-0.3, -0.25) is 0 Å². The first-order chi connectivity index (χ1) is 9.76. The maximum absolute atomic E-state index is 6.21. The Labute approximate surface area is 129 Å². The lowest BCUT2D eigenvalue weighted by molar-refractivity contribution is 0.171. The van der Waals surface area contributed by atoms with Crippen molar-refractivity contribution in [1.29, 1.82) is 0 Å². The zero-order valence-corrected chi connectivity index (χ0v) is 13.1. The number of fused-ring (bicyclic) bond motifs is 1. The molecule has 2 aromatic rings. The van der Waals surface area contributed by atoms with Crippen LogP contribution in [0.25, 0.3) is 0 Å². The fraction of sp³-hybridized carbons (Fsp3) is 0.333. The maximum Gasteiger partial charge on any atom is 0.206 e. The van der Waals surface area contributed by atoms with E-state index in [0.717, 1.165) is 20.8 Å². The number of thioether (sulfide) groups is 1. The molecule has 0 spiro atoms. The Morgan fingerprint density at radius 3 is 3.00 bits per heavy atom. The summed E-state index contributed by atoms with van der Waals surface area (Å²) >= 11 is 9.35. The Morgan fingerprint density at radius 1 is 1.35 bits per heavy atom. The Morgan fingerprint density at radius 2 is 2.20 bits per heavy atom. The number of nitrogens with zero attached hydrogens (tertiary/aromatic N) is 2. The number of halogens is 1. The highest BCUT2D eigenvalue weighted by Gasteiger charge is 2.17. The third kappa shape index (κ3) is 2.94. The van der Waals surface area contributed by atoms with Gasteiger partial charge in [-0.05, 0) is 17.7 Å². The second-order valence-electron chi connectivity index (χ2n) is 4.01. The smallest absolute Gasteiger partial charge is 0.206 e. The fourth-order valence-corrected chi connectivity index (χ4v) is 3.69. The van der Waals surface area contributed by atoms with Crippen LogP contribution in [-0.4, -0.2) is 30.5 Å². The van der Waals surface area contributed by atoms with Crippen LogP contribution in [-0.2, 0) is 5.75 Å². The zero-order valence-electron chi connectivity index (χ0n) is 10.7. The second-order valence-corrected chi connectivity index (χ2v) is 6.62. The van der Waals surface area contributed by atoms with E-state index in [1.165, 1.54) is 11.3 Å². The van der Waals surface area contributed by atoms with E-state index < -0.39 is 0 Å². The molecular formula is C12H12ClN3O2S2. The van der Waals surface area contributed by atoms with E-state index in [0.29, 0.717) is 29.7 Å². The van der Waals surface area contributed by atoms with Crippen molar-refractivity contribution >= 4 is 39.8 Å². The highest BCUT2D eigenvalue weighted by molar-refractivity contribution is 8.00. The number of rotatable bonds is 4. The summed E-state index contributed by atoms with van der Waals surface area (Å²) in [7, 11) is 1.83.